The van der Waals surface area contributed by atoms with Gasteiger partial charge in [-0.1, -0.05) is 29.3 Å². The maximum Gasteiger partial charge on any atom is 0.328 e. The molecule has 0 saturated carbocycles. The highest BCUT2D eigenvalue weighted by atomic mass is 35.5. The molecule has 2 rings (SSSR count). The van der Waals surface area contributed by atoms with E-state index in [2.05, 4.69) is 5.32 Å². The van der Waals surface area contributed by atoms with Gasteiger partial charge in [-0.15, -0.1) is 0 Å². The van der Waals surface area contributed by atoms with Crippen LogP contribution in [-0.2, 0) is 20.9 Å². The van der Waals surface area contributed by atoms with E-state index in [0.29, 0.717) is 28.5 Å². The average Bonchev–Trinajstić information content (AvgIpc) is 2.75. The first-order valence-electron chi connectivity index (χ1n) is 5.47. The molecule has 1 fully saturated rings. The molecule has 1 aliphatic rings. The molecule has 96 valence electrons. The largest absolute Gasteiger partial charge is 0.459 e. The van der Waals surface area contributed by atoms with Crippen LogP contribution in [0, 0.1) is 0 Å². The molecular weight excluding hydrogens is 277 g/mol. The predicted molar refractivity (Wildman–Crippen MR) is 67.4 cm³/mol. The highest BCUT2D eigenvalue weighted by Crippen LogP contribution is 2.25. The summed E-state index contributed by atoms with van der Waals surface area (Å²) in [5.74, 6) is -0.593. The number of carbonyl (C=O) groups excluding carboxylic acids is 2. The Hall–Kier alpha value is -1.26. The van der Waals surface area contributed by atoms with Crippen LogP contribution in [-0.4, -0.2) is 17.9 Å². The summed E-state index contributed by atoms with van der Waals surface area (Å²) < 4.78 is 5.10. The van der Waals surface area contributed by atoms with Gasteiger partial charge in [0.1, 0.15) is 12.6 Å². The second-order valence-corrected chi connectivity index (χ2v) is 4.78. The summed E-state index contributed by atoms with van der Waals surface area (Å²) in [4.78, 5) is 22.6. The van der Waals surface area contributed by atoms with E-state index in [9.17, 15) is 9.59 Å². The molecule has 4 nitrogen and oxygen atoms in total. The maximum absolute atomic E-state index is 11.7. The summed E-state index contributed by atoms with van der Waals surface area (Å²) in [6.45, 7) is 0.00368. The van der Waals surface area contributed by atoms with Crippen molar-refractivity contribution < 1.29 is 14.3 Å². The fourth-order valence-electron chi connectivity index (χ4n) is 1.70. The van der Waals surface area contributed by atoms with Crippen LogP contribution in [0.2, 0.25) is 10.0 Å². The third-order valence-corrected chi connectivity index (χ3v) is 3.41. The van der Waals surface area contributed by atoms with E-state index in [4.69, 9.17) is 27.9 Å². The van der Waals surface area contributed by atoms with Crippen molar-refractivity contribution in [2.45, 2.75) is 25.5 Å². The summed E-state index contributed by atoms with van der Waals surface area (Å²) in [6, 6.07) is 4.51. The van der Waals surface area contributed by atoms with Gasteiger partial charge in [0, 0.05) is 22.0 Å². The molecule has 1 N–H and O–H groups in total. The van der Waals surface area contributed by atoms with Gasteiger partial charge < -0.3 is 10.1 Å². The van der Waals surface area contributed by atoms with Crippen LogP contribution in [0.4, 0.5) is 0 Å². The van der Waals surface area contributed by atoms with E-state index in [0.717, 1.165) is 0 Å². The molecule has 0 aliphatic carbocycles. The van der Waals surface area contributed by atoms with Gasteiger partial charge in [0.15, 0.2) is 0 Å². The number of rotatable bonds is 3. The molecule has 1 aromatic rings. The van der Waals surface area contributed by atoms with Gasteiger partial charge in [0.25, 0.3) is 0 Å². The van der Waals surface area contributed by atoms with Crippen molar-refractivity contribution >= 4 is 35.1 Å². The molecule has 0 radical (unpaired) electrons. The quantitative estimate of drug-likeness (QED) is 0.868. The highest BCUT2D eigenvalue weighted by molar-refractivity contribution is 6.35. The smallest absolute Gasteiger partial charge is 0.328 e. The van der Waals surface area contributed by atoms with Crippen LogP contribution in [0.3, 0.4) is 0 Å². The molecule has 0 spiro atoms. The molecule has 1 atom stereocenters. The molecule has 0 unspecified atom stereocenters. The zero-order valence-electron chi connectivity index (χ0n) is 9.41. The number of nitrogens with one attached hydrogen (secondary N) is 1. The average molecular weight is 288 g/mol. The first-order valence-corrected chi connectivity index (χ1v) is 6.22. The van der Waals surface area contributed by atoms with Crippen LogP contribution < -0.4 is 5.32 Å². The number of hydrogen-bond donors (Lipinski definition) is 1. The van der Waals surface area contributed by atoms with Crippen LogP contribution >= 0.6 is 23.2 Å². The fourth-order valence-corrected chi connectivity index (χ4v) is 2.21. The van der Waals surface area contributed by atoms with E-state index >= 15 is 0 Å². The lowest BCUT2D eigenvalue weighted by Gasteiger charge is -2.11. The molecule has 0 bridgehead atoms. The molecule has 1 saturated heterocycles. The van der Waals surface area contributed by atoms with Crippen LogP contribution in [0.1, 0.15) is 18.4 Å². The maximum atomic E-state index is 11.7. The van der Waals surface area contributed by atoms with Crippen molar-refractivity contribution in [3.63, 3.8) is 0 Å². The van der Waals surface area contributed by atoms with E-state index in [1.54, 1.807) is 18.2 Å². The van der Waals surface area contributed by atoms with Crippen molar-refractivity contribution in [1.82, 2.24) is 5.32 Å². The molecule has 1 heterocycles. The number of halogens is 2. The predicted octanol–water partition coefficient (Wildman–Crippen LogP) is 2.32. The Balaban J connectivity index is 1.95. The molecule has 6 heteroatoms. The monoisotopic (exact) mass is 287 g/mol. The van der Waals surface area contributed by atoms with Crippen LogP contribution in [0.15, 0.2) is 18.2 Å². The number of amides is 1. The normalized spacial score (nSPS) is 18.6. The molecule has 1 aromatic carbocycles. The minimum absolute atomic E-state index is 0.00368. The zero-order valence-corrected chi connectivity index (χ0v) is 10.9. The van der Waals surface area contributed by atoms with Crippen molar-refractivity contribution in [3.05, 3.63) is 33.8 Å². The zero-order chi connectivity index (χ0) is 13.1. The molecular formula is C12H11Cl2NO3. The van der Waals surface area contributed by atoms with E-state index in [1.165, 1.54) is 0 Å². The second-order valence-electron chi connectivity index (χ2n) is 3.97. The molecule has 1 aliphatic heterocycles. The lowest BCUT2D eigenvalue weighted by molar-refractivity contribution is -0.147. The van der Waals surface area contributed by atoms with Crippen molar-refractivity contribution in [3.8, 4) is 0 Å². The van der Waals surface area contributed by atoms with Gasteiger partial charge in [0.05, 0.1) is 0 Å². The lowest BCUT2D eigenvalue weighted by atomic mass is 10.2. The standard InChI is InChI=1S/C12H11Cl2NO3/c13-8-2-1-3-9(14)7(8)6-18-12(17)10-4-5-11(16)15-10/h1-3,10H,4-6H2,(H,15,16)/t10-/m0/s1. The van der Waals surface area contributed by atoms with Crippen LogP contribution in [0.25, 0.3) is 0 Å². The number of hydrogen-bond acceptors (Lipinski definition) is 3. The summed E-state index contributed by atoms with van der Waals surface area (Å²) in [6.07, 6.45) is 0.820. The van der Waals surface area contributed by atoms with Crippen LogP contribution in [0.5, 0.6) is 0 Å². The van der Waals surface area contributed by atoms with Gasteiger partial charge in [-0.2, -0.15) is 0 Å². The molecule has 18 heavy (non-hydrogen) atoms. The minimum Gasteiger partial charge on any atom is -0.459 e. The van der Waals surface area contributed by atoms with Gasteiger partial charge >= 0.3 is 5.97 Å². The number of esters is 1. The Bertz CT molecular complexity index is 470. The lowest BCUT2D eigenvalue weighted by Crippen LogP contribution is -2.34. The number of benzene rings is 1. The fraction of sp³-hybridized carbons (Fsp3) is 0.333. The third kappa shape index (κ3) is 2.94. The van der Waals surface area contributed by atoms with Gasteiger partial charge in [0.2, 0.25) is 5.91 Å². The van der Waals surface area contributed by atoms with Gasteiger partial charge in [-0.05, 0) is 18.6 Å². The second kappa shape index (κ2) is 5.59. The van der Waals surface area contributed by atoms with E-state index in [-0.39, 0.29) is 12.5 Å². The SMILES string of the molecule is O=C1CC[C@@H](C(=O)OCc2c(Cl)cccc2Cl)N1. The van der Waals surface area contributed by atoms with Gasteiger partial charge in [-0.3, -0.25) is 4.79 Å². The van der Waals surface area contributed by atoms with E-state index < -0.39 is 12.0 Å². The van der Waals surface area contributed by atoms with Gasteiger partial charge in [-0.25, -0.2) is 4.79 Å². The third-order valence-electron chi connectivity index (χ3n) is 2.70. The molecule has 1 amide bonds. The topological polar surface area (TPSA) is 55.4 Å². The summed E-state index contributed by atoms with van der Waals surface area (Å²) in [7, 11) is 0. The summed E-state index contributed by atoms with van der Waals surface area (Å²) in [5, 5.41) is 3.44. The van der Waals surface area contributed by atoms with Crippen molar-refractivity contribution in [1.29, 1.82) is 0 Å². The number of carbonyl (C=O) groups is 2. The minimum atomic E-state index is -0.557. The van der Waals surface area contributed by atoms with Crippen molar-refractivity contribution in [2.75, 3.05) is 0 Å². The number of ether oxygens (including phenoxy) is 1. The highest BCUT2D eigenvalue weighted by Gasteiger charge is 2.28. The Morgan fingerprint density at radius 1 is 1.39 bits per heavy atom. The summed E-state index contributed by atoms with van der Waals surface area (Å²) >= 11 is 11.9. The molecule has 0 aromatic heterocycles. The van der Waals surface area contributed by atoms with Crippen molar-refractivity contribution in [2.24, 2.45) is 0 Å². The van der Waals surface area contributed by atoms with E-state index in [1.807, 2.05) is 0 Å². The Labute approximate surface area is 114 Å². The Kier molecular flexibility index (Phi) is 4.09. The Morgan fingerprint density at radius 3 is 2.61 bits per heavy atom. The Morgan fingerprint density at radius 2 is 2.06 bits per heavy atom. The summed E-state index contributed by atoms with van der Waals surface area (Å²) in [5.41, 5.74) is 0.568. The first-order chi connectivity index (χ1) is 8.58. The first kappa shape index (κ1) is 13.2.